The van der Waals surface area contributed by atoms with Crippen LogP contribution >= 0.6 is 11.8 Å². The van der Waals surface area contributed by atoms with Crippen LogP contribution in [0.5, 0.6) is 0 Å². The summed E-state index contributed by atoms with van der Waals surface area (Å²) in [5.74, 6) is -3.05. The Bertz CT molecular complexity index is 3560. The molecule has 4 aromatic rings. The Labute approximate surface area is 527 Å². The molecule has 0 aromatic heterocycles. The van der Waals surface area contributed by atoms with Crippen LogP contribution in [-0.4, -0.2) is 174 Å². The lowest BCUT2D eigenvalue weighted by Gasteiger charge is -2.39. The largest absolute Gasteiger partial charge is 0.501 e. The number of nitrogens with zero attached hydrogens (tertiary/aromatic N) is 5. The topological polar surface area (TPSA) is 218 Å². The number of sulfone groups is 1. The van der Waals surface area contributed by atoms with E-state index in [9.17, 15) is 62.8 Å². The molecule has 0 saturated carbocycles. The molecule has 26 heteroatoms. The number of nitrogens with one attached hydrogen (secondary N) is 4. The first-order valence-electron chi connectivity index (χ1n) is 30.5. The van der Waals surface area contributed by atoms with Crippen LogP contribution in [0.1, 0.15) is 116 Å². The van der Waals surface area contributed by atoms with Crippen molar-refractivity contribution in [3.05, 3.63) is 131 Å². The van der Waals surface area contributed by atoms with Crippen LogP contribution in [0.25, 0.3) is 0 Å². The van der Waals surface area contributed by atoms with Gasteiger partial charge in [0, 0.05) is 118 Å². The fourth-order valence-corrected chi connectivity index (χ4v) is 15.2. The van der Waals surface area contributed by atoms with Gasteiger partial charge in [-0.2, -0.15) is 13.2 Å². The third-order valence-corrected chi connectivity index (χ3v) is 21.4. The maximum Gasteiger partial charge on any atom is 0.501 e. The molecule has 90 heavy (non-hydrogen) atoms. The smallest absolute Gasteiger partial charge is 0.384 e. The molecule has 3 saturated heterocycles. The minimum Gasteiger partial charge on any atom is -0.384 e. The van der Waals surface area contributed by atoms with Crippen molar-refractivity contribution < 1.29 is 62.8 Å². The van der Waals surface area contributed by atoms with E-state index in [2.05, 4.69) is 56.0 Å². The number of unbranched alkanes of at least 4 members (excludes halogenated alkanes) is 2. The second-order valence-corrected chi connectivity index (χ2v) is 29.1. The molecule has 5 amide bonds. The number of anilines is 3. The lowest BCUT2D eigenvalue weighted by Crippen LogP contribution is -2.54. The summed E-state index contributed by atoms with van der Waals surface area (Å²) in [6.45, 7) is 16.7. The first kappa shape index (κ1) is 67.7. The Hall–Kier alpha value is -6.71. The van der Waals surface area contributed by atoms with Crippen LogP contribution in [-0.2, 0) is 29.4 Å². The van der Waals surface area contributed by atoms with Crippen molar-refractivity contribution in [1.29, 1.82) is 0 Å². The van der Waals surface area contributed by atoms with Gasteiger partial charge in [0.2, 0.25) is 18.2 Å². The fraction of sp³-hybridized carbons (Fsp3) is 0.484. The second kappa shape index (κ2) is 29.3. The normalized spacial score (nSPS) is 19.3. The maximum absolute atomic E-state index is 14.5. The van der Waals surface area contributed by atoms with Crippen molar-refractivity contribution in [2.24, 2.45) is 5.41 Å². The molecule has 4 aliphatic heterocycles. The van der Waals surface area contributed by atoms with E-state index in [1.54, 1.807) is 30.3 Å². The molecule has 9 rings (SSSR count). The summed E-state index contributed by atoms with van der Waals surface area (Å²) in [4.78, 5) is 73.1. The molecule has 4 aromatic carbocycles. The highest BCUT2D eigenvalue weighted by Gasteiger charge is 2.49. The number of hydrogen-bond donors (Lipinski definition) is 4. The van der Waals surface area contributed by atoms with E-state index in [0.29, 0.717) is 82.8 Å². The standard InChI is InChI=1S/C64H78F5N9O9S3/c1-43(15-23-56(65)66)51-40-63(2,3)27-25-45(51)41-76-35-37-77(38-36-76)47-18-16-44(17-19-47)59(80)73-90(86,87)49-20-21-52(55(39-49)89(84,85)64(67,68)69)71-46(42-88-48-11-6-4-7-12-48)26-30-75-33-31-74(32-34-75)29-9-5-8-28-70-53-14-10-13-50-58(53)62(83)78(61(50)82)54-22-24-57(79)72-60(54)81/h4,6-7,10-14,16-21,39,46,54,56,70-71H,1,5,8-9,15,22-38,40-42H2,2-3H3,(H,73,80)(H,72,79,81). The van der Waals surface area contributed by atoms with Crippen LogP contribution in [0.4, 0.5) is 39.0 Å². The second-order valence-electron chi connectivity index (χ2n) is 24.4. The summed E-state index contributed by atoms with van der Waals surface area (Å²) in [6, 6.07) is 21.1. The number of hydrogen-bond acceptors (Lipinski definition) is 16. The summed E-state index contributed by atoms with van der Waals surface area (Å²) in [5.41, 5.74) is -1.47. The lowest BCUT2D eigenvalue weighted by atomic mass is 9.72. The number of carbonyl (C=O) groups excluding carboxylic acids is 5. The van der Waals surface area contributed by atoms with Gasteiger partial charge < -0.3 is 25.3 Å². The Morgan fingerprint density at radius 3 is 2.14 bits per heavy atom. The molecule has 3 fully saturated rings. The van der Waals surface area contributed by atoms with Gasteiger partial charge in [-0.15, -0.1) is 11.8 Å². The van der Waals surface area contributed by atoms with E-state index in [0.717, 1.165) is 96.9 Å². The van der Waals surface area contributed by atoms with E-state index < -0.39 is 88.9 Å². The van der Waals surface area contributed by atoms with Gasteiger partial charge in [0.1, 0.15) is 10.9 Å². The summed E-state index contributed by atoms with van der Waals surface area (Å²) >= 11 is 1.42. The van der Waals surface area contributed by atoms with E-state index in [4.69, 9.17) is 0 Å². The molecule has 486 valence electrons. The van der Waals surface area contributed by atoms with Gasteiger partial charge in [-0.05, 0) is 136 Å². The average Bonchev–Trinajstić information content (AvgIpc) is 1.50. The Morgan fingerprint density at radius 1 is 0.778 bits per heavy atom. The molecular weight excluding hydrogens is 1230 g/mol. The zero-order valence-corrected chi connectivity index (χ0v) is 53.0. The van der Waals surface area contributed by atoms with Gasteiger partial charge in [-0.25, -0.2) is 30.3 Å². The number of thioether (sulfide) groups is 1. The minimum atomic E-state index is -6.15. The number of imide groups is 2. The molecular formula is C64H78F5N9O9S3. The monoisotopic (exact) mass is 1310 g/mol. The van der Waals surface area contributed by atoms with Crippen molar-refractivity contribution in [1.82, 2.24) is 29.6 Å². The molecule has 0 bridgehead atoms. The van der Waals surface area contributed by atoms with E-state index >= 15 is 0 Å². The van der Waals surface area contributed by atoms with E-state index in [-0.39, 0.29) is 47.8 Å². The summed E-state index contributed by atoms with van der Waals surface area (Å²) in [5, 5.41) is 8.53. The molecule has 1 aliphatic carbocycles. The highest BCUT2D eigenvalue weighted by molar-refractivity contribution is 7.99. The van der Waals surface area contributed by atoms with Gasteiger partial charge in [0.25, 0.3) is 37.6 Å². The van der Waals surface area contributed by atoms with Crippen molar-refractivity contribution in [3.63, 3.8) is 0 Å². The Kier molecular flexibility index (Phi) is 22.0. The fourth-order valence-electron chi connectivity index (χ4n) is 12.2. The van der Waals surface area contributed by atoms with Gasteiger partial charge in [0.15, 0.2) is 0 Å². The van der Waals surface area contributed by atoms with Gasteiger partial charge in [0.05, 0.1) is 21.7 Å². The molecule has 2 unspecified atom stereocenters. The summed E-state index contributed by atoms with van der Waals surface area (Å²) in [6.07, 6.45) is 3.29. The SMILES string of the molecule is C=C(CCC(F)F)C1=C(CN2CCN(c3ccc(C(=O)NS(=O)(=O)c4ccc(NC(CCN5CCN(CCCCCNc6cccc7c6C(=O)N(C6CCC(=O)NC6=O)C7=O)CC5)CSc5ccccc5)c(S(=O)(=O)C(F)(F)F)c4)cc3)CC2)CCC(C)(C)C1. The third-order valence-electron chi connectivity index (χ3n) is 17.4. The molecule has 18 nitrogen and oxygen atoms in total. The van der Waals surface area contributed by atoms with Gasteiger partial charge in [-0.3, -0.25) is 39.1 Å². The Balaban J connectivity index is 0.770. The number of sulfonamides is 1. The van der Waals surface area contributed by atoms with E-state index in [1.165, 1.54) is 29.5 Å². The van der Waals surface area contributed by atoms with Gasteiger partial charge >= 0.3 is 5.51 Å². The predicted molar refractivity (Wildman–Crippen MR) is 336 cm³/mol. The van der Waals surface area contributed by atoms with E-state index in [1.807, 2.05) is 35.1 Å². The number of allylic oxidation sites excluding steroid dienone is 2. The molecule has 4 heterocycles. The number of fused-ring (bicyclic) bond motifs is 1. The highest BCUT2D eigenvalue weighted by Crippen LogP contribution is 2.43. The highest BCUT2D eigenvalue weighted by atomic mass is 32.2. The van der Waals surface area contributed by atoms with Crippen molar-refractivity contribution >= 4 is 78.2 Å². The number of benzene rings is 4. The number of alkyl halides is 5. The third kappa shape index (κ3) is 16.9. The first-order chi connectivity index (χ1) is 42.8. The zero-order valence-electron chi connectivity index (χ0n) is 50.6. The summed E-state index contributed by atoms with van der Waals surface area (Å²) < 4.78 is 126. The van der Waals surface area contributed by atoms with Crippen LogP contribution in [0.15, 0.2) is 129 Å². The molecule has 0 spiro atoms. The van der Waals surface area contributed by atoms with Crippen molar-refractivity contribution in [2.75, 3.05) is 99.8 Å². The number of rotatable bonds is 27. The quantitative estimate of drug-likeness (QED) is 0.0189. The predicted octanol–water partition coefficient (Wildman–Crippen LogP) is 9.59. The number of piperazine rings is 2. The lowest BCUT2D eigenvalue weighted by molar-refractivity contribution is -0.136. The van der Waals surface area contributed by atoms with Crippen LogP contribution in [0.2, 0.25) is 0 Å². The zero-order chi connectivity index (χ0) is 64.5. The van der Waals surface area contributed by atoms with Crippen molar-refractivity contribution in [3.8, 4) is 0 Å². The first-order valence-corrected chi connectivity index (χ1v) is 34.5. The van der Waals surface area contributed by atoms with Crippen LogP contribution < -0.4 is 25.6 Å². The van der Waals surface area contributed by atoms with Gasteiger partial charge in [-0.1, -0.05) is 62.3 Å². The maximum atomic E-state index is 14.5. The Morgan fingerprint density at radius 2 is 1.47 bits per heavy atom. The number of piperidine rings is 1. The van der Waals surface area contributed by atoms with Crippen molar-refractivity contribution in [2.45, 2.75) is 123 Å². The molecule has 4 N–H and O–H groups in total. The van der Waals surface area contributed by atoms with Crippen LogP contribution in [0, 0.1) is 5.41 Å². The van der Waals surface area contributed by atoms with Crippen LogP contribution in [0.3, 0.4) is 0 Å². The average molecular weight is 1310 g/mol. The number of amides is 5. The molecule has 0 radical (unpaired) electrons. The summed E-state index contributed by atoms with van der Waals surface area (Å²) in [7, 11) is -11.1. The molecule has 5 aliphatic rings. The molecule has 2 atom stereocenters. The number of carbonyl (C=O) groups is 5. The minimum absolute atomic E-state index is 0.0261. The number of halogens is 5.